The van der Waals surface area contributed by atoms with E-state index in [1.807, 2.05) is 23.1 Å². The van der Waals surface area contributed by atoms with Crippen LogP contribution in [0.3, 0.4) is 0 Å². The number of hydrogen-bond acceptors (Lipinski definition) is 6. The first-order valence-electron chi connectivity index (χ1n) is 7.76. The number of amides is 1. The van der Waals surface area contributed by atoms with Crippen LogP contribution in [0.25, 0.3) is 22.4 Å². The molecule has 2 aliphatic heterocycles. The molecule has 8 heteroatoms. The Bertz CT molecular complexity index is 953. The van der Waals surface area contributed by atoms with Crippen LogP contribution in [-0.4, -0.2) is 51.6 Å². The van der Waals surface area contributed by atoms with Gasteiger partial charge in [-0.05, 0) is 12.1 Å². The number of morpholine rings is 1. The zero-order chi connectivity index (χ0) is 16.1. The summed E-state index contributed by atoms with van der Waals surface area (Å²) < 4.78 is 5.43. The lowest BCUT2D eigenvalue weighted by atomic mass is 10.1. The fourth-order valence-electron chi connectivity index (χ4n) is 3.25. The molecule has 5 rings (SSSR count). The van der Waals surface area contributed by atoms with Crippen LogP contribution < -0.4 is 10.2 Å². The van der Waals surface area contributed by atoms with Gasteiger partial charge in [-0.3, -0.25) is 4.79 Å². The van der Waals surface area contributed by atoms with Crippen molar-refractivity contribution in [1.82, 2.24) is 19.9 Å². The van der Waals surface area contributed by atoms with Gasteiger partial charge in [-0.15, -0.1) is 0 Å². The molecule has 24 heavy (non-hydrogen) atoms. The number of hydrogen-bond donors (Lipinski definition) is 2. The quantitative estimate of drug-likeness (QED) is 0.698. The smallest absolute Gasteiger partial charge is 0.249 e. The number of ether oxygens (including phenoxy) is 1. The highest BCUT2D eigenvalue weighted by Gasteiger charge is 2.36. The molecule has 4 heterocycles. The number of imidazole rings is 1. The van der Waals surface area contributed by atoms with E-state index in [4.69, 9.17) is 9.72 Å². The minimum absolute atomic E-state index is 0.0760. The number of fused-ring (bicyclic) bond motifs is 4. The molecule has 0 bridgehead atoms. The van der Waals surface area contributed by atoms with Crippen molar-refractivity contribution >= 4 is 28.4 Å². The molecule has 0 spiro atoms. The average Bonchev–Trinajstić information content (AvgIpc) is 3.11. The second kappa shape index (κ2) is 5.00. The summed E-state index contributed by atoms with van der Waals surface area (Å²) in [6, 6.07) is 5.51. The lowest BCUT2D eigenvalue weighted by Crippen LogP contribution is -2.55. The number of aromatic amines is 1. The van der Waals surface area contributed by atoms with Gasteiger partial charge in [-0.2, -0.15) is 0 Å². The van der Waals surface area contributed by atoms with Gasteiger partial charge in [0, 0.05) is 12.1 Å². The average molecular weight is 322 g/mol. The van der Waals surface area contributed by atoms with E-state index in [2.05, 4.69) is 20.3 Å². The van der Waals surface area contributed by atoms with Crippen LogP contribution in [0.1, 0.15) is 0 Å². The molecule has 0 saturated carbocycles. The summed E-state index contributed by atoms with van der Waals surface area (Å²) >= 11 is 0. The van der Waals surface area contributed by atoms with Crippen molar-refractivity contribution in [2.45, 2.75) is 6.04 Å². The number of rotatable bonds is 1. The monoisotopic (exact) mass is 322 g/mol. The largest absolute Gasteiger partial charge is 0.377 e. The van der Waals surface area contributed by atoms with Crippen LogP contribution in [0.5, 0.6) is 0 Å². The van der Waals surface area contributed by atoms with E-state index in [1.54, 1.807) is 12.5 Å². The van der Waals surface area contributed by atoms with E-state index in [0.717, 1.165) is 22.4 Å². The fourth-order valence-corrected chi connectivity index (χ4v) is 3.25. The molecule has 1 amide bonds. The maximum absolute atomic E-state index is 12.2. The Morgan fingerprint density at radius 2 is 2.25 bits per heavy atom. The molecule has 2 aromatic heterocycles. The third kappa shape index (κ3) is 1.89. The van der Waals surface area contributed by atoms with Crippen molar-refractivity contribution < 1.29 is 9.53 Å². The first-order valence-corrected chi connectivity index (χ1v) is 7.76. The summed E-state index contributed by atoms with van der Waals surface area (Å²) in [6.07, 6.45) is 3.32. The summed E-state index contributed by atoms with van der Waals surface area (Å²) in [4.78, 5) is 30.8. The predicted molar refractivity (Wildman–Crippen MR) is 87.7 cm³/mol. The lowest BCUT2D eigenvalue weighted by molar-refractivity contribution is -0.120. The Hall–Kier alpha value is -3.00. The van der Waals surface area contributed by atoms with Crippen LogP contribution in [-0.2, 0) is 9.53 Å². The Kier molecular flexibility index (Phi) is 2.80. The van der Waals surface area contributed by atoms with Crippen molar-refractivity contribution in [2.24, 2.45) is 0 Å². The zero-order valence-corrected chi connectivity index (χ0v) is 12.7. The van der Waals surface area contributed by atoms with E-state index in [9.17, 15) is 4.79 Å². The molecule has 1 unspecified atom stereocenters. The molecule has 1 atom stereocenters. The summed E-state index contributed by atoms with van der Waals surface area (Å²) in [5, 5.41) is 2.86. The second-order valence-electron chi connectivity index (χ2n) is 5.81. The molecule has 120 valence electrons. The van der Waals surface area contributed by atoms with Crippen LogP contribution in [0.4, 0.5) is 11.5 Å². The fraction of sp³-hybridized carbons (Fsp3) is 0.250. The standard InChI is InChI=1S/C16H14N6O2/c23-16-12-7-24-5-4-22(12)15-11(20-16)6-17-14(21-15)9-2-1-3-10-13(9)19-8-18-10/h1-3,6,8,12H,4-5,7H2,(H,18,19)(H,20,23). The van der Waals surface area contributed by atoms with E-state index >= 15 is 0 Å². The van der Waals surface area contributed by atoms with Gasteiger partial charge in [-0.1, -0.05) is 6.07 Å². The predicted octanol–water partition coefficient (Wildman–Crippen LogP) is 1.18. The highest BCUT2D eigenvalue weighted by molar-refractivity contribution is 6.03. The van der Waals surface area contributed by atoms with Gasteiger partial charge < -0.3 is 19.9 Å². The van der Waals surface area contributed by atoms with Gasteiger partial charge in [0.15, 0.2) is 11.6 Å². The van der Waals surface area contributed by atoms with Crippen molar-refractivity contribution in [3.8, 4) is 11.4 Å². The van der Waals surface area contributed by atoms with Crippen molar-refractivity contribution in [3.05, 3.63) is 30.7 Å². The Balaban J connectivity index is 1.66. The number of benzene rings is 1. The van der Waals surface area contributed by atoms with Crippen LogP contribution in [0, 0.1) is 0 Å². The summed E-state index contributed by atoms with van der Waals surface area (Å²) in [7, 11) is 0. The number of anilines is 2. The summed E-state index contributed by atoms with van der Waals surface area (Å²) in [5.74, 6) is 1.25. The van der Waals surface area contributed by atoms with Crippen molar-refractivity contribution in [1.29, 1.82) is 0 Å². The molecule has 1 aromatic carbocycles. The van der Waals surface area contributed by atoms with E-state index < -0.39 is 0 Å². The highest BCUT2D eigenvalue weighted by atomic mass is 16.5. The van der Waals surface area contributed by atoms with E-state index in [0.29, 0.717) is 31.3 Å². The van der Waals surface area contributed by atoms with Crippen LogP contribution in [0.2, 0.25) is 0 Å². The number of aromatic nitrogens is 4. The molecule has 1 saturated heterocycles. The lowest BCUT2D eigenvalue weighted by Gasteiger charge is -2.39. The number of carbonyl (C=O) groups is 1. The van der Waals surface area contributed by atoms with Crippen LogP contribution in [0.15, 0.2) is 30.7 Å². The highest BCUT2D eigenvalue weighted by Crippen LogP contribution is 2.33. The van der Waals surface area contributed by atoms with Crippen molar-refractivity contribution in [3.63, 3.8) is 0 Å². The van der Waals surface area contributed by atoms with Crippen molar-refractivity contribution in [2.75, 3.05) is 30.0 Å². The molecular formula is C16H14N6O2. The summed E-state index contributed by atoms with van der Waals surface area (Å²) in [6.45, 7) is 1.59. The molecule has 0 aliphatic carbocycles. The molecule has 2 N–H and O–H groups in total. The topological polar surface area (TPSA) is 96.0 Å². The SMILES string of the molecule is O=C1Nc2cnc(-c3cccc4[nH]cnc34)nc2N2CCOCC12. The maximum atomic E-state index is 12.2. The molecule has 1 fully saturated rings. The summed E-state index contributed by atoms with van der Waals surface area (Å²) in [5.41, 5.74) is 3.26. The van der Waals surface area contributed by atoms with E-state index in [-0.39, 0.29) is 11.9 Å². The number of H-pyrrole nitrogens is 1. The Morgan fingerprint density at radius 3 is 3.21 bits per heavy atom. The van der Waals surface area contributed by atoms with E-state index in [1.165, 1.54) is 0 Å². The van der Waals surface area contributed by atoms with Crippen LogP contribution >= 0.6 is 0 Å². The maximum Gasteiger partial charge on any atom is 0.249 e. The van der Waals surface area contributed by atoms with Gasteiger partial charge in [0.05, 0.1) is 36.8 Å². The molecular weight excluding hydrogens is 308 g/mol. The second-order valence-corrected chi connectivity index (χ2v) is 5.81. The minimum Gasteiger partial charge on any atom is -0.377 e. The minimum atomic E-state index is -0.338. The van der Waals surface area contributed by atoms with Gasteiger partial charge in [0.2, 0.25) is 5.91 Å². The Labute approximate surface area is 136 Å². The normalized spacial score (nSPS) is 19.8. The number of nitrogens with one attached hydrogen (secondary N) is 2. The van der Waals surface area contributed by atoms with Gasteiger partial charge in [-0.25, -0.2) is 15.0 Å². The third-order valence-corrected chi connectivity index (χ3v) is 4.42. The zero-order valence-electron chi connectivity index (χ0n) is 12.7. The van der Waals surface area contributed by atoms with Gasteiger partial charge in [0.1, 0.15) is 11.7 Å². The first kappa shape index (κ1) is 13.4. The van der Waals surface area contributed by atoms with Gasteiger partial charge in [0.25, 0.3) is 0 Å². The number of para-hydroxylation sites is 1. The Morgan fingerprint density at radius 1 is 1.29 bits per heavy atom. The molecule has 0 radical (unpaired) electrons. The molecule has 8 nitrogen and oxygen atoms in total. The first-order chi connectivity index (χ1) is 11.8. The van der Waals surface area contributed by atoms with Gasteiger partial charge >= 0.3 is 0 Å². The number of carbonyl (C=O) groups excluding carboxylic acids is 1. The molecule has 2 aliphatic rings. The third-order valence-electron chi connectivity index (χ3n) is 4.42. The molecule has 3 aromatic rings. The number of nitrogens with zero attached hydrogens (tertiary/aromatic N) is 4.